The summed E-state index contributed by atoms with van der Waals surface area (Å²) in [6, 6.07) is 11.0. The average Bonchev–Trinajstić information content (AvgIpc) is 2.73. The number of amides is 1. The molecule has 0 aromatic heterocycles. The largest absolute Gasteiger partial charge is 0.489 e. The summed E-state index contributed by atoms with van der Waals surface area (Å²) in [6.45, 7) is 3.15. The zero-order chi connectivity index (χ0) is 24.0. The molecule has 176 valence electrons. The van der Waals surface area contributed by atoms with Crippen molar-refractivity contribution < 1.29 is 22.7 Å². The first-order valence-electron chi connectivity index (χ1n) is 10.2. The standard InChI is InChI=1S/C23H27N3O5S2/c1-16(15-26(2)3)30-19-12-17(22(27)25-23-24-10-5-11-32-23)13-20(14-19)31-18-6-8-21(9-7-18)33(4,28)29/h5-9,11-14,16H,10,15H2,1-4H3,(H,24,25,27). The second kappa shape index (κ2) is 10.9. The zero-order valence-corrected chi connectivity index (χ0v) is 20.6. The van der Waals surface area contributed by atoms with Crippen LogP contribution in [0.25, 0.3) is 0 Å². The summed E-state index contributed by atoms with van der Waals surface area (Å²) in [4.78, 5) is 19.3. The lowest BCUT2D eigenvalue weighted by Crippen LogP contribution is -2.29. The quantitative estimate of drug-likeness (QED) is 0.606. The molecule has 0 radical (unpaired) electrons. The number of carbonyl (C=O) groups is 1. The van der Waals surface area contributed by atoms with Crippen LogP contribution in [0.3, 0.4) is 0 Å². The Balaban J connectivity index is 1.85. The highest BCUT2D eigenvalue weighted by Gasteiger charge is 2.16. The van der Waals surface area contributed by atoms with Gasteiger partial charge >= 0.3 is 0 Å². The molecule has 2 aromatic carbocycles. The Kier molecular flexibility index (Phi) is 8.17. The molecule has 1 unspecified atom stereocenters. The lowest BCUT2D eigenvalue weighted by Gasteiger charge is -2.20. The maximum atomic E-state index is 12.9. The van der Waals surface area contributed by atoms with Crippen LogP contribution < -0.4 is 14.8 Å². The number of likely N-dealkylation sites (N-methyl/N-ethyl adjacent to an activating group) is 1. The van der Waals surface area contributed by atoms with E-state index in [4.69, 9.17) is 9.47 Å². The molecule has 1 N–H and O–H groups in total. The Morgan fingerprint density at radius 3 is 2.45 bits per heavy atom. The van der Waals surface area contributed by atoms with Crippen LogP contribution in [0.4, 0.5) is 0 Å². The minimum Gasteiger partial charge on any atom is -0.489 e. The number of nitrogens with zero attached hydrogens (tertiary/aromatic N) is 2. The molecule has 1 aliphatic rings. The topological polar surface area (TPSA) is 97.3 Å². The maximum absolute atomic E-state index is 12.9. The van der Waals surface area contributed by atoms with Gasteiger partial charge in [0.1, 0.15) is 23.4 Å². The lowest BCUT2D eigenvalue weighted by molar-refractivity contribution is 0.0976. The van der Waals surface area contributed by atoms with Crippen LogP contribution in [0.1, 0.15) is 17.3 Å². The fourth-order valence-electron chi connectivity index (χ4n) is 3.07. The van der Waals surface area contributed by atoms with Crippen molar-refractivity contribution in [2.24, 2.45) is 4.99 Å². The molecule has 3 rings (SSSR count). The number of hydrogen-bond donors (Lipinski definition) is 1. The number of benzene rings is 2. The summed E-state index contributed by atoms with van der Waals surface area (Å²) in [5.41, 5.74) is 0.352. The Morgan fingerprint density at radius 2 is 1.85 bits per heavy atom. The first-order valence-corrected chi connectivity index (χ1v) is 13.0. The van der Waals surface area contributed by atoms with Gasteiger partial charge in [-0.2, -0.15) is 0 Å². The number of thioether (sulfide) groups is 1. The van der Waals surface area contributed by atoms with Gasteiger partial charge in [0.15, 0.2) is 15.0 Å². The van der Waals surface area contributed by atoms with Crippen LogP contribution >= 0.6 is 11.8 Å². The number of aliphatic imine (C=N–C) groups is 1. The molecule has 0 saturated heterocycles. The molecular weight excluding hydrogens is 462 g/mol. The summed E-state index contributed by atoms with van der Waals surface area (Å²) >= 11 is 1.34. The number of nitrogens with one attached hydrogen (secondary N) is 1. The number of hydrogen-bond acceptors (Lipinski definition) is 8. The predicted octanol–water partition coefficient (Wildman–Crippen LogP) is 3.56. The second-order valence-corrected chi connectivity index (χ2v) is 10.7. The van der Waals surface area contributed by atoms with E-state index in [9.17, 15) is 13.2 Å². The van der Waals surface area contributed by atoms with Crippen molar-refractivity contribution in [2.45, 2.75) is 17.9 Å². The average molecular weight is 490 g/mol. The van der Waals surface area contributed by atoms with E-state index in [-0.39, 0.29) is 16.9 Å². The molecule has 0 aliphatic carbocycles. The van der Waals surface area contributed by atoms with Crippen molar-refractivity contribution in [3.8, 4) is 17.2 Å². The third kappa shape index (κ3) is 7.62. The fraction of sp³-hybridized carbons (Fsp3) is 0.304. The van der Waals surface area contributed by atoms with Gasteiger partial charge in [-0.25, -0.2) is 8.42 Å². The SMILES string of the molecule is CC(CN(C)C)Oc1cc(Oc2ccc(S(C)(=O)=O)cc2)cc(C(=O)NC2=NCC=CS2)c1. The van der Waals surface area contributed by atoms with Crippen molar-refractivity contribution in [3.63, 3.8) is 0 Å². The molecule has 0 fully saturated rings. The van der Waals surface area contributed by atoms with Crippen LogP contribution in [-0.4, -0.2) is 63.9 Å². The van der Waals surface area contributed by atoms with Gasteiger partial charge in [0.25, 0.3) is 5.91 Å². The normalized spacial score (nSPS) is 14.5. The number of amidine groups is 1. The predicted molar refractivity (Wildman–Crippen MR) is 131 cm³/mol. The fourth-order valence-corrected chi connectivity index (χ4v) is 4.31. The van der Waals surface area contributed by atoms with Crippen molar-refractivity contribution in [1.82, 2.24) is 10.2 Å². The van der Waals surface area contributed by atoms with Crippen molar-refractivity contribution in [1.29, 1.82) is 0 Å². The molecule has 1 atom stereocenters. The van der Waals surface area contributed by atoms with Gasteiger partial charge in [0.05, 0.1) is 11.4 Å². The highest BCUT2D eigenvalue weighted by molar-refractivity contribution is 8.16. The molecular formula is C23H27N3O5S2. The maximum Gasteiger partial charge on any atom is 0.257 e. The smallest absolute Gasteiger partial charge is 0.257 e. The van der Waals surface area contributed by atoms with Crippen molar-refractivity contribution >= 4 is 32.7 Å². The van der Waals surface area contributed by atoms with E-state index in [0.717, 1.165) is 6.26 Å². The zero-order valence-electron chi connectivity index (χ0n) is 18.9. The second-order valence-electron chi connectivity index (χ2n) is 7.82. The highest BCUT2D eigenvalue weighted by atomic mass is 32.2. The molecule has 10 heteroatoms. The van der Waals surface area contributed by atoms with Crippen LogP contribution in [0.5, 0.6) is 17.2 Å². The minimum atomic E-state index is -3.31. The molecule has 0 bridgehead atoms. The molecule has 1 heterocycles. The van der Waals surface area contributed by atoms with Gasteiger partial charge in [-0.15, -0.1) is 0 Å². The van der Waals surface area contributed by atoms with Crippen molar-refractivity contribution in [3.05, 3.63) is 59.5 Å². The Morgan fingerprint density at radius 1 is 1.15 bits per heavy atom. The van der Waals surface area contributed by atoms with Gasteiger partial charge in [-0.3, -0.25) is 9.79 Å². The molecule has 8 nitrogen and oxygen atoms in total. The van der Waals surface area contributed by atoms with Crippen LogP contribution in [0.2, 0.25) is 0 Å². The third-order valence-corrected chi connectivity index (χ3v) is 6.34. The highest BCUT2D eigenvalue weighted by Crippen LogP contribution is 2.29. The number of ether oxygens (including phenoxy) is 2. The first kappa shape index (κ1) is 24.8. The Labute approximate surface area is 198 Å². The Hall–Kier alpha value is -2.82. The summed E-state index contributed by atoms with van der Waals surface area (Å²) in [5.74, 6) is 0.974. The van der Waals surface area contributed by atoms with E-state index in [1.165, 1.54) is 23.9 Å². The van der Waals surface area contributed by atoms with Gasteiger partial charge in [0.2, 0.25) is 0 Å². The van der Waals surface area contributed by atoms with E-state index in [1.54, 1.807) is 30.3 Å². The lowest BCUT2D eigenvalue weighted by atomic mass is 10.2. The van der Waals surface area contributed by atoms with Crippen LogP contribution in [-0.2, 0) is 9.84 Å². The first-order chi connectivity index (χ1) is 15.6. The van der Waals surface area contributed by atoms with Gasteiger partial charge in [0, 0.05) is 24.4 Å². The summed E-state index contributed by atoms with van der Waals surface area (Å²) in [5, 5.41) is 5.20. The van der Waals surface area contributed by atoms with E-state index in [1.807, 2.05) is 37.4 Å². The number of carbonyl (C=O) groups excluding carboxylic acids is 1. The molecule has 1 aliphatic heterocycles. The molecule has 0 spiro atoms. The molecule has 2 aromatic rings. The summed E-state index contributed by atoms with van der Waals surface area (Å²) in [6.07, 6.45) is 2.93. The van der Waals surface area contributed by atoms with Crippen LogP contribution in [0.15, 0.2) is 63.8 Å². The molecule has 0 saturated carbocycles. The van der Waals surface area contributed by atoms with Gasteiger partial charge in [-0.05, 0) is 62.8 Å². The summed E-state index contributed by atoms with van der Waals surface area (Å²) < 4.78 is 35.3. The van der Waals surface area contributed by atoms with Gasteiger partial charge < -0.3 is 19.7 Å². The minimum absolute atomic E-state index is 0.122. The van der Waals surface area contributed by atoms with E-state index in [2.05, 4.69) is 10.3 Å². The number of sulfone groups is 1. The third-order valence-electron chi connectivity index (χ3n) is 4.43. The van der Waals surface area contributed by atoms with Crippen LogP contribution in [0, 0.1) is 0 Å². The molecule has 1 amide bonds. The van der Waals surface area contributed by atoms with Gasteiger partial charge in [-0.1, -0.05) is 17.8 Å². The summed E-state index contributed by atoms with van der Waals surface area (Å²) in [7, 11) is 0.602. The van der Waals surface area contributed by atoms with E-state index < -0.39 is 9.84 Å². The Bertz CT molecular complexity index is 1160. The number of rotatable bonds is 8. The van der Waals surface area contributed by atoms with E-state index in [0.29, 0.717) is 41.1 Å². The van der Waals surface area contributed by atoms with E-state index >= 15 is 0 Å². The monoisotopic (exact) mass is 489 g/mol. The van der Waals surface area contributed by atoms with Crippen molar-refractivity contribution in [2.75, 3.05) is 33.4 Å². The molecule has 33 heavy (non-hydrogen) atoms.